The molecule has 0 saturated heterocycles. The molecule has 0 radical (unpaired) electrons. The first-order valence-corrected chi connectivity index (χ1v) is 4.65. The van der Waals surface area contributed by atoms with Crippen LogP contribution in [0.5, 0.6) is 0 Å². The van der Waals surface area contributed by atoms with Crippen molar-refractivity contribution >= 4 is 5.82 Å². The zero-order valence-electron chi connectivity index (χ0n) is 7.43. The van der Waals surface area contributed by atoms with Gasteiger partial charge in [-0.1, -0.05) is 13.3 Å². The maximum absolute atomic E-state index is 5.75. The molecule has 0 bridgehead atoms. The highest BCUT2D eigenvalue weighted by molar-refractivity contribution is 5.44. The lowest BCUT2D eigenvalue weighted by Crippen LogP contribution is -1.93. The van der Waals surface area contributed by atoms with Gasteiger partial charge in [-0.15, -0.1) is 0 Å². The number of nitrogens with two attached hydrogens (primary N) is 1. The quantitative estimate of drug-likeness (QED) is 0.717. The molecule has 1 aromatic rings. The number of hydrogen-bond donors (Lipinski definition) is 2. The van der Waals surface area contributed by atoms with Gasteiger partial charge in [-0.2, -0.15) is 5.10 Å². The van der Waals surface area contributed by atoms with E-state index < -0.39 is 0 Å². The van der Waals surface area contributed by atoms with Crippen molar-refractivity contribution in [1.82, 2.24) is 10.2 Å². The molecular weight excluding hydrogens is 150 g/mol. The average Bonchev–Trinajstić information content (AvgIpc) is 2.82. The molecule has 1 aliphatic rings. The number of nitrogens with zero attached hydrogens (tertiary/aromatic N) is 1. The van der Waals surface area contributed by atoms with Crippen LogP contribution in [-0.2, 0) is 6.42 Å². The van der Waals surface area contributed by atoms with Crippen LogP contribution >= 0.6 is 0 Å². The normalized spacial score (nSPS) is 16.8. The van der Waals surface area contributed by atoms with Crippen molar-refractivity contribution in [2.75, 3.05) is 5.73 Å². The van der Waals surface area contributed by atoms with E-state index in [0.29, 0.717) is 5.82 Å². The van der Waals surface area contributed by atoms with E-state index in [1.807, 2.05) is 0 Å². The lowest BCUT2D eigenvalue weighted by Gasteiger charge is -1.99. The molecule has 1 saturated carbocycles. The molecule has 1 aromatic heterocycles. The summed E-state index contributed by atoms with van der Waals surface area (Å²) >= 11 is 0. The van der Waals surface area contributed by atoms with E-state index in [1.165, 1.54) is 24.1 Å². The van der Waals surface area contributed by atoms with Crippen LogP contribution in [0, 0.1) is 0 Å². The fourth-order valence-corrected chi connectivity index (χ4v) is 1.62. The molecule has 0 aromatic carbocycles. The fraction of sp³-hybridized carbons (Fsp3) is 0.667. The van der Waals surface area contributed by atoms with Gasteiger partial charge in [0.15, 0.2) is 0 Å². The molecule has 0 amide bonds. The number of nitrogen functional groups attached to an aromatic ring is 1. The van der Waals surface area contributed by atoms with Crippen molar-refractivity contribution in [2.24, 2.45) is 0 Å². The van der Waals surface area contributed by atoms with Crippen LogP contribution < -0.4 is 5.73 Å². The Hall–Kier alpha value is -0.990. The Morgan fingerprint density at radius 3 is 2.92 bits per heavy atom. The molecule has 3 N–H and O–H groups in total. The van der Waals surface area contributed by atoms with Crippen molar-refractivity contribution in [3.05, 3.63) is 11.3 Å². The predicted molar refractivity (Wildman–Crippen MR) is 49.0 cm³/mol. The summed E-state index contributed by atoms with van der Waals surface area (Å²) in [5.41, 5.74) is 8.31. The maximum Gasteiger partial charge on any atom is 0.148 e. The molecule has 0 unspecified atom stereocenters. The molecule has 1 fully saturated rings. The minimum absolute atomic E-state index is 0.707. The topological polar surface area (TPSA) is 54.7 Å². The van der Waals surface area contributed by atoms with E-state index in [-0.39, 0.29) is 0 Å². The first-order chi connectivity index (χ1) is 5.83. The molecule has 12 heavy (non-hydrogen) atoms. The lowest BCUT2D eigenvalue weighted by molar-refractivity contribution is 0.887. The zero-order chi connectivity index (χ0) is 8.55. The molecular formula is C9H15N3. The molecule has 0 aliphatic heterocycles. The average molecular weight is 165 g/mol. The van der Waals surface area contributed by atoms with Crippen molar-refractivity contribution in [1.29, 1.82) is 0 Å². The Morgan fingerprint density at radius 2 is 2.33 bits per heavy atom. The van der Waals surface area contributed by atoms with Gasteiger partial charge >= 0.3 is 0 Å². The largest absolute Gasteiger partial charge is 0.382 e. The molecule has 0 atom stereocenters. The summed E-state index contributed by atoms with van der Waals surface area (Å²) in [4.78, 5) is 0. The Kier molecular flexibility index (Phi) is 1.79. The van der Waals surface area contributed by atoms with E-state index in [2.05, 4.69) is 17.1 Å². The number of aromatic amines is 1. The third-order valence-electron chi connectivity index (χ3n) is 2.42. The smallest absolute Gasteiger partial charge is 0.148 e. The first kappa shape index (κ1) is 7.65. The Bertz CT molecular complexity index is 273. The van der Waals surface area contributed by atoms with Gasteiger partial charge in [-0.05, 0) is 19.3 Å². The summed E-state index contributed by atoms with van der Waals surface area (Å²) in [5, 5.41) is 7.10. The van der Waals surface area contributed by atoms with Crippen molar-refractivity contribution in [3.8, 4) is 0 Å². The van der Waals surface area contributed by atoms with E-state index >= 15 is 0 Å². The third-order valence-corrected chi connectivity index (χ3v) is 2.42. The number of hydrogen-bond acceptors (Lipinski definition) is 2. The summed E-state index contributed by atoms with van der Waals surface area (Å²) in [6.07, 6.45) is 4.81. The summed E-state index contributed by atoms with van der Waals surface area (Å²) in [7, 11) is 0. The van der Waals surface area contributed by atoms with Gasteiger partial charge in [0.1, 0.15) is 5.82 Å². The second-order valence-electron chi connectivity index (χ2n) is 3.53. The van der Waals surface area contributed by atoms with E-state index in [9.17, 15) is 0 Å². The van der Waals surface area contributed by atoms with Gasteiger partial charge in [0.2, 0.25) is 0 Å². The zero-order valence-corrected chi connectivity index (χ0v) is 7.43. The van der Waals surface area contributed by atoms with Crippen LogP contribution in [0.15, 0.2) is 0 Å². The molecule has 0 spiro atoms. The number of nitrogens with one attached hydrogen (secondary N) is 1. The Labute approximate surface area is 72.4 Å². The van der Waals surface area contributed by atoms with Gasteiger partial charge in [-0.3, -0.25) is 5.10 Å². The molecule has 1 heterocycles. The van der Waals surface area contributed by atoms with Crippen molar-refractivity contribution in [3.63, 3.8) is 0 Å². The Morgan fingerprint density at radius 1 is 1.58 bits per heavy atom. The second kappa shape index (κ2) is 2.81. The van der Waals surface area contributed by atoms with Crippen LogP contribution in [0.1, 0.15) is 43.4 Å². The van der Waals surface area contributed by atoms with Crippen LogP contribution in [0.4, 0.5) is 5.82 Å². The summed E-state index contributed by atoms with van der Waals surface area (Å²) < 4.78 is 0. The molecule has 3 heteroatoms. The number of H-pyrrole nitrogens is 1. The van der Waals surface area contributed by atoms with Gasteiger partial charge in [0, 0.05) is 17.2 Å². The van der Waals surface area contributed by atoms with Crippen molar-refractivity contribution in [2.45, 2.75) is 38.5 Å². The molecule has 2 rings (SSSR count). The maximum atomic E-state index is 5.75. The highest BCUT2D eigenvalue weighted by Crippen LogP contribution is 2.41. The monoisotopic (exact) mass is 165 g/mol. The van der Waals surface area contributed by atoms with E-state index in [4.69, 9.17) is 5.73 Å². The highest BCUT2D eigenvalue weighted by Gasteiger charge is 2.28. The van der Waals surface area contributed by atoms with Gasteiger partial charge < -0.3 is 5.73 Å². The van der Waals surface area contributed by atoms with E-state index in [0.717, 1.165) is 18.8 Å². The molecule has 66 valence electrons. The summed E-state index contributed by atoms with van der Waals surface area (Å²) in [5.74, 6) is 1.44. The van der Waals surface area contributed by atoms with Gasteiger partial charge in [0.25, 0.3) is 0 Å². The second-order valence-corrected chi connectivity index (χ2v) is 3.53. The minimum atomic E-state index is 0.707. The van der Waals surface area contributed by atoms with E-state index in [1.54, 1.807) is 0 Å². The lowest BCUT2D eigenvalue weighted by atomic mass is 10.1. The van der Waals surface area contributed by atoms with Gasteiger partial charge in [-0.25, -0.2) is 0 Å². The SMILES string of the molecule is CCCc1c(N)n[nH]c1C1CC1. The minimum Gasteiger partial charge on any atom is -0.382 e. The number of aromatic nitrogens is 2. The predicted octanol–water partition coefficient (Wildman–Crippen LogP) is 1.82. The van der Waals surface area contributed by atoms with Crippen LogP contribution in [0.25, 0.3) is 0 Å². The van der Waals surface area contributed by atoms with Crippen LogP contribution in [-0.4, -0.2) is 10.2 Å². The number of rotatable bonds is 3. The number of anilines is 1. The van der Waals surface area contributed by atoms with Crippen LogP contribution in [0.2, 0.25) is 0 Å². The molecule has 1 aliphatic carbocycles. The highest BCUT2D eigenvalue weighted by atomic mass is 15.2. The fourth-order valence-electron chi connectivity index (χ4n) is 1.62. The first-order valence-electron chi connectivity index (χ1n) is 4.65. The Balaban J connectivity index is 2.26. The van der Waals surface area contributed by atoms with Crippen LogP contribution in [0.3, 0.4) is 0 Å². The summed E-state index contributed by atoms with van der Waals surface area (Å²) in [6, 6.07) is 0. The summed E-state index contributed by atoms with van der Waals surface area (Å²) in [6.45, 7) is 2.17. The van der Waals surface area contributed by atoms with Gasteiger partial charge in [0.05, 0.1) is 0 Å². The van der Waals surface area contributed by atoms with Crippen molar-refractivity contribution < 1.29 is 0 Å². The third kappa shape index (κ3) is 1.19. The standard InChI is InChI=1S/C9H15N3/c1-2-3-7-8(6-4-5-6)11-12-9(7)10/h6H,2-5H2,1H3,(H3,10,11,12). The molecule has 3 nitrogen and oxygen atoms in total.